The van der Waals surface area contributed by atoms with Crippen molar-refractivity contribution in [3.8, 4) is 0 Å². The lowest BCUT2D eigenvalue weighted by atomic mass is 9.90. The van der Waals surface area contributed by atoms with Crippen LogP contribution in [0.1, 0.15) is 68.5 Å². The second-order valence-corrected chi connectivity index (χ2v) is 6.67. The number of pyridine rings is 1. The van der Waals surface area contributed by atoms with Crippen LogP contribution in [-0.4, -0.2) is 16.7 Å². The summed E-state index contributed by atoms with van der Waals surface area (Å²) >= 11 is 0. The lowest BCUT2D eigenvalue weighted by Crippen LogP contribution is -2.30. The first-order valence-electron chi connectivity index (χ1n) is 8.56. The van der Waals surface area contributed by atoms with Crippen LogP contribution in [-0.2, 0) is 12.8 Å². The summed E-state index contributed by atoms with van der Waals surface area (Å²) in [4.78, 5) is 29.7. The highest BCUT2D eigenvalue weighted by molar-refractivity contribution is 6.09. The molecule has 1 amide bonds. The van der Waals surface area contributed by atoms with Gasteiger partial charge < -0.3 is 5.32 Å². The van der Waals surface area contributed by atoms with Crippen LogP contribution >= 0.6 is 0 Å². The van der Waals surface area contributed by atoms with E-state index in [1.807, 2.05) is 19.1 Å². The molecule has 1 atom stereocenters. The van der Waals surface area contributed by atoms with Crippen molar-refractivity contribution in [1.29, 1.82) is 0 Å². The number of rotatable bonds is 2. The molecule has 122 valence electrons. The second kappa shape index (κ2) is 5.86. The van der Waals surface area contributed by atoms with Gasteiger partial charge in [-0.3, -0.25) is 14.6 Å². The molecule has 0 radical (unpaired) electrons. The Hall–Kier alpha value is -2.49. The maximum absolute atomic E-state index is 12.9. The molecule has 0 aliphatic heterocycles. The number of hydrogen-bond acceptors (Lipinski definition) is 3. The number of ketones is 1. The minimum atomic E-state index is -0.159. The number of hydrogen-bond donors (Lipinski definition) is 1. The summed E-state index contributed by atoms with van der Waals surface area (Å²) in [7, 11) is 0. The van der Waals surface area contributed by atoms with Crippen LogP contribution in [0.4, 0.5) is 0 Å². The maximum atomic E-state index is 12.9. The van der Waals surface area contributed by atoms with Crippen molar-refractivity contribution in [3.05, 3.63) is 64.0 Å². The Balaban J connectivity index is 1.66. The number of Topliss-reactive ketones (excluding diaryl/α,β-unsaturated/α-hetero) is 1. The monoisotopic (exact) mass is 320 g/mol. The third-order valence-electron chi connectivity index (χ3n) is 5.00. The van der Waals surface area contributed by atoms with E-state index >= 15 is 0 Å². The molecule has 0 fully saturated rings. The van der Waals surface area contributed by atoms with E-state index in [1.54, 1.807) is 6.07 Å². The predicted molar refractivity (Wildman–Crippen MR) is 91.2 cm³/mol. The van der Waals surface area contributed by atoms with Gasteiger partial charge in [-0.15, -0.1) is 0 Å². The highest BCUT2D eigenvalue weighted by Crippen LogP contribution is 2.31. The fraction of sp³-hybridized carbons (Fsp3) is 0.350. The molecule has 2 aliphatic rings. The van der Waals surface area contributed by atoms with E-state index in [4.69, 9.17) is 0 Å². The third kappa shape index (κ3) is 2.52. The molecule has 1 heterocycles. The van der Waals surface area contributed by atoms with Gasteiger partial charge in [0.1, 0.15) is 0 Å². The van der Waals surface area contributed by atoms with Crippen molar-refractivity contribution in [2.75, 3.05) is 0 Å². The zero-order chi connectivity index (χ0) is 16.7. The highest BCUT2D eigenvalue weighted by atomic mass is 16.2. The predicted octanol–water partition coefficient (Wildman–Crippen LogP) is 3.33. The van der Waals surface area contributed by atoms with Gasteiger partial charge in [-0.2, -0.15) is 0 Å². The molecule has 0 spiro atoms. The number of aromatic nitrogens is 1. The van der Waals surface area contributed by atoms with Gasteiger partial charge in [0.2, 0.25) is 0 Å². The number of carbonyl (C=O) groups excluding carboxylic acids is 2. The standard InChI is InChI=1S/C20H20N2O2/c1-12-11-15(19-17(21-12)7-4-8-18(19)23)20(24)22-16-10-9-13-5-2-3-6-14(13)16/h2-3,5-6,11,16H,4,7-10H2,1H3,(H,22,24). The minimum absolute atomic E-state index is 0.0246. The van der Waals surface area contributed by atoms with E-state index in [0.29, 0.717) is 17.5 Å². The lowest BCUT2D eigenvalue weighted by Gasteiger charge is -2.20. The van der Waals surface area contributed by atoms with Crippen LogP contribution in [0, 0.1) is 6.92 Å². The van der Waals surface area contributed by atoms with Crippen molar-refractivity contribution < 1.29 is 9.59 Å². The maximum Gasteiger partial charge on any atom is 0.252 e. The SMILES string of the molecule is Cc1cc(C(=O)NC2CCc3ccccc32)c2c(n1)CCCC2=O. The van der Waals surface area contributed by atoms with Crippen LogP contribution in [0.5, 0.6) is 0 Å². The fourth-order valence-corrected chi connectivity index (χ4v) is 3.89. The van der Waals surface area contributed by atoms with Gasteiger partial charge >= 0.3 is 0 Å². The summed E-state index contributed by atoms with van der Waals surface area (Å²) in [5.74, 6) is -0.116. The van der Waals surface area contributed by atoms with E-state index in [0.717, 1.165) is 37.1 Å². The van der Waals surface area contributed by atoms with Gasteiger partial charge in [0, 0.05) is 12.1 Å². The zero-order valence-corrected chi connectivity index (χ0v) is 13.8. The largest absolute Gasteiger partial charge is 0.345 e. The molecule has 24 heavy (non-hydrogen) atoms. The summed E-state index contributed by atoms with van der Waals surface area (Å²) in [6, 6.07) is 10.00. The van der Waals surface area contributed by atoms with Gasteiger partial charge in [-0.1, -0.05) is 24.3 Å². The number of fused-ring (bicyclic) bond motifs is 2. The van der Waals surface area contributed by atoms with E-state index in [9.17, 15) is 9.59 Å². The Kier molecular flexibility index (Phi) is 3.68. The molecule has 0 saturated heterocycles. The van der Waals surface area contributed by atoms with E-state index in [2.05, 4.69) is 22.4 Å². The van der Waals surface area contributed by atoms with Crippen LogP contribution in [0.15, 0.2) is 30.3 Å². The molecular weight excluding hydrogens is 300 g/mol. The van der Waals surface area contributed by atoms with Gasteiger partial charge in [0.05, 0.1) is 22.9 Å². The summed E-state index contributed by atoms with van der Waals surface area (Å²) in [5.41, 5.74) is 5.09. The molecule has 2 aliphatic carbocycles. The molecule has 4 heteroatoms. The quantitative estimate of drug-likeness (QED) is 0.923. The third-order valence-corrected chi connectivity index (χ3v) is 5.00. The first kappa shape index (κ1) is 15.1. The van der Waals surface area contributed by atoms with Gasteiger partial charge in [-0.05, 0) is 49.8 Å². The first-order chi connectivity index (χ1) is 11.6. The molecule has 4 nitrogen and oxygen atoms in total. The fourth-order valence-electron chi connectivity index (χ4n) is 3.89. The average Bonchev–Trinajstić information content (AvgIpc) is 2.97. The Bertz CT molecular complexity index is 842. The summed E-state index contributed by atoms with van der Waals surface area (Å²) in [6.45, 7) is 1.88. The average molecular weight is 320 g/mol. The van der Waals surface area contributed by atoms with Crippen LogP contribution in [0.25, 0.3) is 0 Å². The highest BCUT2D eigenvalue weighted by Gasteiger charge is 2.29. The van der Waals surface area contributed by atoms with Crippen molar-refractivity contribution in [1.82, 2.24) is 10.3 Å². The van der Waals surface area contributed by atoms with Crippen molar-refractivity contribution in [2.24, 2.45) is 0 Å². The Morgan fingerprint density at radius 3 is 2.92 bits per heavy atom. The van der Waals surface area contributed by atoms with E-state index in [1.165, 1.54) is 11.1 Å². The Morgan fingerprint density at radius 1 is 1.21 bits per heavy atom. The normalized spacial score (nSPS) is 18.9. The summed E-state index contributed by atoms with van der Waals surface area (Å²) in [5, 5.41) is 3.13. The molecule has 4 rings (SSSR count). The molecule has 0 bridgehead atoms. The Labute approximate surface area is 141 Å². The smallest absolute Gasteiger partial charge is 0.252 e. The van der Waals surface area contributed by atoms with E-state index < -0.39 is 0 Å². The van der Waals surface area contributed by atoms with E-state index in [-0.39, 0.29) is 17.7 Å². The number of nitrogens with one attached hydrogen (secondary N) is 1. The lowest BCUT2D eigenvalue weighted by molar-refractivity contribution is 0.0914. The molecule has 1 aromatic heterocycles. The molecule has 0 saturated carbocycles. The second-order valence-electron chi connectivity index (χ2n) is 6.67. The van der Waals surface area contributed by atoms with Crippen LogP contribution in [0.2, 0.25) is 0 Å². The van der Waals surface area contributed by atoms with Gasteiger partial charge in [0.25, 0.3) is 5.91 Å². The van der Waals surface area contributed by atoms with Crippen molar-refractivity contribution in [2.45, 2.75) is 45.1 Å². The summed E-state index contributed by atoms with van der Waals surface area (Å²) < 4.78 is 0. The van der Waals surface area contributed by atoms with Crippen LogP contribution < -0.4 is 5.32 Å². The molecule has 2 aromatic rings. The molecule has 1 aromatic carbocycles. The number of benzene rings is 1. The van der Waals surface area contributed by atoms with Gasteiger partial charge in [-0.25, -0.2) is 0 Å². The van der Waals surface area contributed by atoms with Gasteiger partial charge in [0.15, 0.2) is 5.78 Å². The van der Waals surface area contributed by atoms with Crippen LogP contribution in [0.3, 0.4) is 0 Å². The zero-order valence-electron chi connectivity index (χ0n) is 13.8. The minimum Gasteiger partial charge on any atom is -0.345 e. The number of aryl methyl sites for hydroxylation is 3. The molecular formula is C20H20N2O2. The molecule has 1 N–H and O–H groups in total. The number of carbonyl (C=O) groups is 2. The number of amides is 1. The first-order valence-corrected chi connectivity index (χ1v) is 8.56. The van der Waals surface area contributed by atoms with Crippen molar-refractivity contribution in [3.63, 3.8) is 0 Å². The topological polar surface area (TPSA) is 59.1 Å². The Morgan fingerprint density at radius 2 is 2.04 bits per heavy atom. The number of nitrogens with zero attached hydrogens (tertiary/aromatic N) is 1. The summed E-state index contributed by atoms with van der Waals surface area (Å²) in [6.07, 6.45) is 3.98. The molecule has 1 unspecified atom stereocenters. The van der Waals surface area contributed by atoms with Crippen molar-refractivity contribution >= 4 is 11.7 Å².